The lowest BCUT2D eigenvalue weighted by atomic mass is 10.2. The van der Waals surface area contributed by atoms with Crippen LogP contribution in [-0.2, 0) is 22.7 Å². The molecule has 1 saturated carbocycles. The lowest BCUT2D eigenvalue weighted by Gasteiger charge is -2.14. The minimum Gasteiger partial charge on any atom is -0.444 e. The average Bonchev–Trinajstić information content (AvgIpc) is 3.29. The highest BCUT2D eigenvalue weighted by Gasteiger charge is 2.17. The molecule has 0 aromatic heterocycles. The Morgan fingerprint density at radius 2 is 1.33 bits per heavy atom. The molecule has 0 saturated heterocycles. The maximum absolute atomic E-state index is 12.2. The Morgan fingerprint density at radius 1 is 0.800 bits per heavy atom. The molecule has 3 rings (SSSR count). The van der Waals surface area contributed by atoms with Gasteiger partial charge in [0.1, 0.15) is 13.2 Å². The number of hydrazine groups is 1. The van der Waals surface area contributed by atoms with E-state index in [1.165, 1.54) is 0 Å². The highest BCUT2D eigenvalue weighted by Crippen LogP contribution is 2.20. The molecular weight excluding hydrogens is 384 g/mol. The van der Waals surface area contributed by atoms with Crippen LogP contribution in [0.15, 0.2) is 65.7 Å². The third-order valence-corrected chi connectivity index (χ3v) is 4.57. The molecule has 0 spiro atoms. The van der Waals surface area contributed by atoms with Crippen LogP contribution in [0, 0.1) is 0 Å². The quantitative estimate of drug-likeness (QED) is 0.397. The van der Waals surface area contributed by atoms with Crippen molar-refractivity contribution in [1.82, 2.24) is 16.2 Å². The second-order valence-electron chi connectivity index (χ2n) is 6.91. The Bertz CT molecular complexity index is 837. The van der Waals surface area contributed by atoms with Gasteiger partial charge in [-0.05, 0) is 24.0 Å². The number of nitrogens with zero attached hydrogens (tertiary/aromatic N) is 1. The van der Waals surface area contributed by atoms with Crippen molar-refractivity contribution in [3.8, 4) is 0 Å². The lowest BCUT2D eigenvalue weighted by molar-refractivity contribution is 0.136. The molecule has 1 aliphatic rings. The van der Waals surface area contributed by atoms with Gasteiger partial charge in [0.2, 0.25) is 5.96 Å². The summed E-state index contributed by atoms with van der Waals surface area (Å²) >= 11 is 0. The van der Waals surface area contributed by atoms with Gasteiger partial charge in [0.15, 0.2) is 0 Å². The predicted octanol–water partition coefficient (Wildman–Crippen LogP) is 3.64. The van der Waals surface area contributed by atoms with Crippen LogP contribution in [-0.4, -0.2) is 24.2 Å². The molecule has 0 aliphatic heterocycles. The molecule has 0 bridgehead atoms. The van der Waals surface area contributed by atoms with Crippen LogP contribution in [0.1, 0.15) is 36.8 Å². The maximum atomic E-state index is 12.2. The van der Waals surface area contributed by atoms with Crippen LogP contribution >= 0.6 is 0 Å². The van der Waals surface area contributed by atoms with Crippen LogP contribution in [0.25, 0.3) is 0 Å². The van der Waals surface area contributed by atoms with Gasteiger partial charge in [0, 0.05) is 0 Å². The predicted molar refractivity (Wildman–Crippen MR) is 112 cm³/mol. The zero-order valence-electron chi connectivity index (χ0n) is 16.7. The van der Waals surface area contributed by atoms with Gasteiger partial charge >= 0.3 is 12.2 Å². The third-order valence-electron chi connectivity index (χ3n) is 4.57. The Balaban J connectivity index is 1.49. The number of nitrogens with one attached hydrogen (secondary N) is 3. The minimum atomic E-state index is -0.683. The largest absolute Gasteiger partial charge is 0.444 e. The SMILES string of the molecule is O=C(NNC(=NC1CCCC1)NC(=O)OCc1ccccc1)OCc1ccccc1. The van der Waals surface area contributed by atoms with Crippen molar-refractivity contribution in [2.75, 3.05) is 0 Å². The van der Waals surface area contributed by atoms with Gasteiger partial charge in [0.25, 0.3) is 0 Å². The molecule has 158 valence electrons. The van der Waals surface area contributed by atoms with Crippen LogP contribution in [0.2, 0.25) is 0 Å². The van der Waals surface area contributed by atoms with E-state index in [2.05, 4.69) is 21.2 Å². The number of hydrogen-bond donors (Lipinski definition) is 3. The van der Waals surface area contributed by atoms with Crippen molar-refractivity contribution in [1.29, 1.82) is 0 Å². The molecule has 2 aromatic carbocycles. The molecule has 2 aromatic rings. The molecule has 2 amide bonds. The second-order valence-corrected chi connectivity index (χ2v) is 6.91. The number of ether oxygens (including phenoxy) is 2. The van der Waals surface area contributed by atoms with Gasteiger partial charge in [-0.1, -0.05) is 73.5 Å². The Labute approximate surface area is 175 Å². The first-order chi connectivity index (χ1) is 14.7. The summed E-state index contributed by atoms with van der Waals surface area (Å²) in [6, 6.07) is 18.8. The molecule has 0 heterocycles. The summed E-state index contributed by atoms with van der Waals surface area (Å²) in [5.74, 6) is 0.122. The molecule has 8 heteroatoms. The normalized spacial score (nSPS) is 14.1. The molecule has 0 radical (unpaired) electrons. The number of benzene rings is 2. The summed E-state index contributed by atoms with van der Waals surface area (Å²) in [4.78, 5) is 28.6. The van der Waals surface area contributed by atoms with Crippen molar-refractivity contribution in [3.63, 3.8) is 0 Å². The summed E-state index contributed by atoms with van der Waals surface area (Å²) in [5.41, 5.74) is 6.76. The lowest BCUT2D eigenvalue weighted by Crippen LogP contribution is -2.50. The smallest absolute Gasteiger partial charge is 0.426 e. The van der Waals surface area contributed by atoms with Gasteiger partial charge in [-0.15, -0.1) is 0 Å². The van der Waals surface area contributed by atoms with E-state index in [0.29, 0.717) is 0 Å². The Morgan fingerprint density at radius 3 is 1.90 bits per heavy atom. The van der Waals surface area contributed by atoms with Crippen LogP contribution in [0.4, 0.5) is 9.59 Å². The van der Waals surface area contributed by atoms with E-state index in [1.54, 1.807) is 0 Å². The molecule has 0 atom stereocenters. The first-order valence-electron chi connectivity index (χ1n) is 9.97. The van der Waals surface area contributed by atoms with E-state index in [1.807, 2.05) is 60.7 Å². The topological polar surface area (TPSA) is 101 Å². The van der Waals surface area contributed by atoms with Crippen molar-refractivity contribution < 1.29 is 19.1 Å². The number of guanidine groups is 1. The zero-order valence-corrected chi connectivity index (χ0v) is 16.7. The monoisotopic (exact) mass is 410 g/mol. The van der Waals surface area contributed by atoms with E-state index in [0.717, 1.165) is 36.8 Å². The Kier molecular flexibility index (Phi) is 8.08. The van der Waals surface area contributed by atoms with Crippen molar-refractivity contribution in [3.05, 3.63) is 71.8 Å². The number of rotatable bonds is 5. The molecule has 3 N–H and O–H groups in total. The van der Waals surface area contributed by atoms with E-state index in [-0.39, 0.29) is 25.2 Å². The van der Waals surface area contributed by atoms with Crippen molar-refractivity contribution >= 4 is 18.1 Å². The van der Waals surface area contributed by atoms with Gasteiger partial charge in [-0.2, -0.15) is 0 Å². The molecule has 1 fully saturated rings. The number of hydrogen-bond acceptors (Lipinski definition) is 5. The van der Waals surface area contributed by atoms with Gasteiger partial charge < -0.3 is 9.47 Å². The third kappa shape index (κ3) is 7.46. The first-order valence-corrected chi connectivity index (χ1v) is 9.97. The van der Waals surface area contributed by atoms with E-state index in [4.69, 9.17) is 9.47 Å². The summed E-state index contributed by atoms with van der Waals surface area (Å²) < 4.78 is 10.4. The highest BCUT2D eigenvalue weighted by molar-refractivity contribution is 5.94. The van der Waals surface area contributed by atoms with Crippen molar-refractivity contribution in [2.45, 2.75) is 44.9 Å². The summed E-state index contributed by atoms with van der Waals surface area (Å²) in [5, 5.41) is 2.55. The molecule has 30 heavy (non-hydrogen) atoms. The minimum absolute atomic E-state index is 0.0871. The van der Waals surface area contributed by atoms with Gasteiger partial charge in [0.05, 0.1) is 6.04 Å². The second kappa shape index (κ2) is 11.5. The van der Waals surface area contributed by atoms with Crippen LogP contribution in [0.5, 0.6) is 0 Å². The van der Waals surface area contributed by atoms with E-state index >= 15 is 0 Å². The number of carbonyl (C=O) groups is 2. The standard InChI is InChI=1S/C22H26N4O4/c27-21(29-15-17-9-3-1-4-10-17)24-20(23-19-13-7-8-14-19)25-26-22(28)30-16-18-11-5-2-6-12-18/h1-6,9-12,19H,7-8,13-16H2,(H,26,28)(H2,23,24,25,27). The number of alkyl carbamates (subject to hydrolysis) is 1. The number of aliphatic imine (C=N–C) groups is 1. The Hall–Kier alpha value is -3.55. The fourth-order valence-corrected chi connectivity index (χ4v) is 3.04. The van der Waals surface area contributed by atoms with E-state index < -0.39 is 12.2 Å². The maximum Gasteiger partial charge on any atom is 0.426 e. The van der Waals surface area contributed by atoms with Crippen LogP contribution < -0.4 is 16.2 Å². The number of carbonyl (C=O) groups excluding carboxylic acids is 2. The number of amides is 2. The molecule has 8 nitrogen and oxygen atoms in total. The van der Waals surface area contributed by atoms with Gasteiger partial charge in [-0.25, -0.2) is 20.0 Å². The highest BCUT2D eigenvalue weighted by atomic mass is 16.6. The fourth-order valence-electron chi connectivity index (χ4n) is 3.04. The molecule has 0 unspecified atom stereocenters. The fraction of sp³-hybridized carbons (Fsp3) is 0.318. The summed E-state index contributed by atoms with van der Waals surface area (Å²) in [6.45, 7) is 0.270. The molecular formula is C22H26N4O4. The molecule has 1 aliphatic carbocycles. The van der Waals surface area contributed by atoms with Crippen molar-refractivity contribution in [2.24, 2.45) is 4.99 Å². The zero-order chi connectivity index (χ0) is 21.0. The average molecular weight is 410 g/mol. The summed E-state index contributed by atoms with van der Waals surface area (Å²) in [6.07, 6.45) is 2.70. The summed E-state index contributed by atoms with van der Waals surface area (Å²) in [7, 11) is 0. The van der Waals surface area contributed by atoms with E-state index in [9.17, 15) is 9.59 Å². The van der Waals surface area contributed by atoms with Crippen LogP contribution in [0.3, 0.4) is 0 Å². The first kappa shape index (κ1) is 21.2. The van der Waals surface area contributed by atoms with Gasteiger partial charge in [-0.3, -0.25) is 10.7 Å².